The molecule has 0 saturated carbocycles. The molecule has 0 amide bonds. The van der Waals surface area contributed by atoms with Gasteiger partial charge in [-0.05, 0) is 29.8 Å². The first-order valence-electron chi connectivity index (χ1n) is 8.37. The van der Waals surface area contributed by atoms with E-state index in [1.807, 2.05) is 54.6 Å². The minimum atomic E-state index is 0.706. The molecule has 0 saturated heterocycles. The second kappa shape index (κ2) is 7.53. The van der Waals surface area contributed by atoms with Gasteiger partial charge in [0.05, 0.1) is 17.1 Å². The molecule has 0 aliphatic heterocycles. The van der Waals surface area contributed by atoms with Crippen molar-refractivity contribution < 1.29 is 0 Å². The summed E-state index contributed by atoms with van der Waals surface area (Å²) >= 11 is 0. The average Bonchev–Trinajstić information content (AvgIpc) is 2.74. The number of aromatic nitrogens is 4. The highest BCUT2D eigenvalue weighted by Crippen LogP contribution is 2.28. The molecule has 0 radical (unpaired) electrons. The summed E-state index contributed by atoms with van der Waals surface area (Å²) in [4.78, 5) is 17.7. The predicted molar refractivity (Wildman–Crippen MR) is 102 cm³/mol. The smallest absolute Gasteiger partial charge is 0.130 e. The van der Waals surface area contributed by atoms with Crippen molar-refractivity contribution in [3.05, 3.63) is 91.0 Å². The van der Waals surface area contributed by atoms with E-state index in [1.165, 1.54) is 5.56 Å². The zero-order valence-corrected chi connectivity index (χ0v) is 14.1. The van der Waals surface area contributed by atoms with Crippen molar-refractivity contribution in [3.63, 3.8) is 0 Å². The molecule has 0 fully saturated rings. The van der Waals surface area contributed by atoms with E-state index in [9.17, 15) is 0 Å². The average molecular weight is 339 g/mol. The van der Waals surface area contributed by atoms with Gasteiger partial charge < -0.3 is 5.32 Å². The molecule has 0 bridgehead atoms. The number of hydrogen-bond acceptors (Lipinski definition) is 5. The summed E-state index contributed by atoms with van der Waals surface area (Å²) < 4.78 is 0. The van der Waals surface area contributed by atoms with Crippen LogP contribution in [0.1, 0.15) is 5.56 Å². The zero-order chi connectivity index (χ0) is 17.6. The van der Waals surface area contributed by atoms with Gasteiger partial charge in [0.15, 0.2) is 0 Å². The first-order chi connectivity index (χ1) is 12.9. The Morgan fingerprint density at radius 1 is 0.692 bits per heavy atom. The molecule has 126 valence electrons. The fraction of sp³-hybridized carbons (Fsp3) is 0.0476. The third-order valence-electron chi connectivity index (χ3n) is 3.97. The molecule has 4 aromatic rings. The van der Waals surface area contributed by atoms with Crippen LogP contribution in [0, 0.1) is 0 Å². The molecule has 26 heavy (non-hydrogen) atoms. The van der Waals surface area contributed by atoms with E-state index in [0.717, 1.165) is 28.5 Å². The molecule has 3 heterocycles. The van der Waals surface area contributed by atoms with Crippen LogP contribution < -0.4 is 5.32 Å². The first kappa shape index (κ1) is 15.9. The molecular formula is C21H17N5. The standard InChI is InChI=1S/C21H17N5/c1-2-7-16(8-3-1)14-24-20-13-19(25-15-26-20)17-9-6-12-23-21(17)18-10-4-5-11-22-18/h1-13,15H,14H2,(H,24,25,26). The lowest BCUT2D eigenvalue weighted by atomic mass is 10.1. The lowest BCUT2D eigenvalue weighted by molar-refractivity contribution is 1.08. The monoisotopic (exact) mass is 339 g/mol. The highest BCUT2D eigenvalue weighted by atomic mass is 15.0. The van der Waals surface area contributed by atoms with Gasteiger partial charge in [-0.2, -0.15) is 0 Å². The number of pyridine rings is 2. The normalized spacial score (nSPS) is 10.5. The van der Waals surface area contributed by atoms with E-state index < -0.39 is 0 Å². The van der Waals surface area contributed by atoms with Gasteiger partial charge >= 0.3 is 0 Å². The van der Waals surface area contributed by atoms with Crippen molar-refractivity contribution in [1.82, 2.24) is 19.9 Å². The summed E-state index contributed by atoms with van der Waals surface area (Å²) in [5.41, 5.74) is 4.56. The van der Waals surface area contributed by atoms with Crippen LogP contribution >= 0.6 is 0 Å². The van der Waals surface area contributed by atoms with Crippen molar-refractivity contribution in [1.29, 1.82) is 0 Å². The molecule has 5 heteroatoms. The van der Waals surface area contributed by atoms with Crippen LogP contribution in [0.2, 0.25) is 0 Å². The van der Waals surface area contributed by atoms with E-state index in [0.29, 0.717) is 6.54 Å². The Bertz CT molecular complexity index is 987. The molecule has 1 aromatic carbocycles. The first-order valence-corrected chi connectivity index (χ1v) is 8.37. The summed E-state index contributed by atoms with van der Waals surface area (Å²) in [6.45, 7) is 0.706. The Balaban J connectivity index is 1.63. The van der Waals surface area contributed by atoms with Crippen LogP contribution in [0.5, 0.6) is 0 Å². The van der Waals surface area contributed by atoms with E-state index in [1.54, 1.807) is 18.7 Å². The molecule has 4 rings (SSSR count). The predicted octanol–water partition coefficient (Wildman–Crippen LogP) is 4.21. The third-order valence-corrected chi connectivity index (χ3v) is 3.97. The van der Waals surface area contributed by atoms with Crippen molar-refractivity contribution in [2.75, 3.05) is 5.32 Å². The maximum atomic E-state index is 4.51. The number of nitrogens with zero attached hydrogens (tertiary/aromatic N) is 4. The summed E-state index contributed by atoms with van der Waals surface area (Å²) in [7, 11) is 0. The molecule has 5 nitrogen and oxygen atoms in total. The number of anilines is 1. The Labute approximate surface area is 151 Å². The number of hydrogen-bond donors (Lipinski definition) is 1. The fourth-order valence-electron chi connectivity index (χ4n) is 2.71. The molecule has 3 aromatic heterocycles. The zero-order valence-electron chi connectivity index (χ0n) is 14.1. The molecule has 0 aliphatic rings. The van der Waals surface area contributed by atoms with Gasteiger partial charge in [0.25, 0.3) is 0 Å². The summed E-state index contributed by atoms with van der Waals surface area (Å²) in [5, 5.41) is 3.34. The van der Waals surface area contributed by atoms with Gasteiger partial charge in [0.1, 0.15) is 12.1 Å². The number of benzene rings is 1. The third kappa shape index (κ3) is 3.57. The van der Waals surface area contributed by atoms with Gasteiger partial charge in [-0.3, -0.25) is 9.97 Å². The van der Waals surface area contributed by atoms with E-state index in [2.05, 4.69) is 37.4 Å². The molecular weight excluding hydrogens is 322 g/mol. The molecule has 0 spiro atoms. The molecule has 0 atom stereocenters. The van der Waals surface area contributed by atoms with Crippen LogP contribution in [-0.2, 0) is 6.54 Å². The quantitative estimate of drug-likeness (QED) is 0.590. The number of nitrogens with one attached hydrogen (secondary N) is 1. The second-order valence-corrected chi connectivity index (χ2v) is 5.74. The van der Waals surface area contributed by atoms with E-state index in [-0.39, 0.29) is 0 Å². The van der Waals surface area contributed by atoms with Gasteiger partial charge in [-0.1, -0.05) is 36.4 Å². The van der Waals surface area contributed by atoms with Crippen molar-refractivity contribution in [2.24, 2.45) is 0 Å². The van der Waals surface area contributed by atoms with Crippen molar-refractivity contribution in [2.45, 2.75) is 6.54 Å². The Kier molecular flexibility index (Phi) is 4.60. The Morgan fingerprint density at radius 2 is 1.54 bits per heavy atom. The van der Waals surface area contributed by atoms with Gasteiger partial charge in [0.2, 0.25) is 0 Å². The van der Waals surface area contributed by atoms with Crippen LogP contribution in [0.4, 0.5) is 5.82 Å². The Morgan fingerprint density at radius 3 is 2.38 bits per heavy atom. The summed E-state index contributed by atoms with van der Waals surface area (Å²) in [6, 6.07) is 21.8. The highest BCUT2D eigenvalue weighted by molar-refractivity contribution is 5.77. The SMILES string of the molecule is c1ccc(CNc2cc(-c3cccnc3-c3ccccn3)ncn2)cc1. The van der Waals surface area contributed by atoms with Crippen molar-refractivity contribution >= 4 is 5.82 Å². The van der Waals surface area contributed by atoms with Crippen LogP contribution in [0.25, 0.3) is 22.6 Å². The molecule has 0 aliphatic carbocycles. The van der Waals surface area contributed by atoms with Gasteiger partial charge in [-0.25, -0.2) is 9.97 Å². The molecule has 0 unspecified atom stereocenters. The van der Waals surface area contributed by atoms with E-state index in [4.69, 9.17) is 0 Å². The van der Waals surface area contributed by atoms with Crippen LogP contribution in [-0.4, -0.2) is 19.9 Å². The Hall–Kier alpha value is -3.60. The minimum absolute atomic E-state index is 0.706. The maximum absolute atomic E-state index is 4.51. The molecule has 1 N–H and O–H groups in total. The maximum Gasteiger partial charge on any atom is 0.130 e. The van der Waals surface area contributed by atoms with Crippen molar-refractivity contribution in [3.8, 4) is 22.6 Å². The number of rotatable bonds is 5. The van der Waals surface area contributed by atoms with E-state index >= 15 is 0 Å². The lowest BCUT2D eigenvalue weighted by Gasteiger charge is -2.10. The van der Waals surface area contributed by atoms with Gasteiger partial charge in [-0.15, -0.1) is 0 Å². The van der Waals surface area contributed by atoms with Crippen LogP contribution in [0.15, 0.2) is 85.5 Å². The second-order valence-electron chi connectivity index (χ2n) is 5.74. The van der Waals surface area contributed by atoms with Gasteiger partial charge in [0, 0.05) is 30.6 Å². The minimum Gasteiger partial charge on any atom is -0.366 e. The van der Waals surface area contributed by atoms with Crippen LogP contribution in [0.3, 0.4) is 0 Å². The fourth-order valence-corrected chi connectivity index (χ4v) is 2.71. The highest BCUT2D eigenvalue weighted by Gasteiger charge is 2.11. The summed E-state index contributed by atoms with van der Waals surface area (Å²) in [5.74, 6) is 0.773. The largest absolute Gasteiger partial charge is 0.366 e. The topological polar surface area (TPSA) is 63.6 Å². The summed E-state index contributed by atoms with van der Waals surface area (Å²) in [6.07, 6.45) is 5.10. The lowest BCUT2D eigenvalue weighted by Crippen LogP contribution is -2.02.